The van der Waals surface area contributed by atoms with Crippen molar-refractivity contribution in [3.05, 3.63) is 29.6 Å². The normalized spacial score (nSPS) is 11.8. The molecule has 0 radical (unpaired) electrons. The number of amides is 2. The Labute approximate surface area is 116 Å². The number of hydrogen-bond donors (Lipinski definition) is 2. The van der Waals surface area contributed by atoms with Gasteiger partial charge in [-0.25, -0.2) is 14.0 Å². The quantitative estimate of drug-likeness (QED) is 0.867. The van der Waals surface area contributed by atoms with Crippen LogP contribution in [0.5, 0.6) is 0 Å². The van der Waals surface area contributed by atoms with E-state index >= 15 is 0 Å². The second-order valence-electron chi connectivity index (χ2n) is 4.35. The van der Waals surface area contributed by atoms with E-state index in [0.29, 0.717) is 6.61 Å². The number of nitrogens with zero attached hydrogens (tertiary/aromatic N) is 1. The minimum atomic E-state index is -1.39. The maximum Gasteiger partial charge on any atom is 0.338 e. The van der Waals surface area contributed by atoms with Crippen LogP contribution in [0.3, 0.4) is 0 Å². The number of carboxylic acids is 1. The van der Waals surface area contributed by atoms with Crippen LogP contribution in [0, 0.1) is 5.82 Å². The summed E-state index contributed by atoms with van der Waals surface area (Å²) in [7, 11) is 3.11. The predicted molar refractivity (Wildman–Crippen MR) is 71.5 cm³/mol. The van der Waals surface area contributed by atoms with Gasteiger partial charge in [-0.2, -0.15) is 0 Å². The SMILES string of the molecule is COCC(C)N(C)C(=O)Nc1ccc(F)c(C(=O)O)c1. The molecule has 20 heavy (non-hydrogen) atoms. The Kier molecular flexibility index (Phi) is 5.45. The number of hydrogen-bond acceptors (Lipinski definition) is 3. The first-order valence-corrected chi connectivity index (χ1v) is 5.92. The maximum atomic E-state index is 13.2. The molecule has 0 saturated heterocycles. The van der Waals surface area contributed by atoms with Gasteiger partial charge in [0.2, 0.25) is 0 Å². The molecule has 7 heteroatoms. The van der Waals surface area contributed by atoms with Crippen molar-refractivity contribution >= 4 is 17.7 Å². The van der Waals surface area contributed by atoms with Crippen LogP contribution in [0.15, 0.2) is 18.2 Å². The van der Waals surface area contributed by atoms with Gasteiger partial charge in [-0.05, 0) is 25.1 Å². The van der Waals surface area contributed by atoms with Crippen molar-refractivity contribution in [2.45, 2.75) is 13.0 Å². The van der Waals surface area contributed by atoms with Crippen molar-refractivity contribution in [1.29, 1.82) is 0 Å². The van der Waals surface area contributed by atoms with Gasteiger partial charge in [0.25, 0.3) is 0 Å². The molecule has 6 nitrogen and oxygen atoms in total. The van der Waals surface area contributed by atoms with E-state index in [1.807, 2.05) is 0 Å². The third-order valence-corrected chi connectivity index (χ3v) is 2.84. The third-order valence-electron chi connectivity index (χ3n) is 2.84. The average Bonchev–Trinajstić information content (AvgIpc) is 2.39. The monoisotopic (exact) mass is 284 g/mol. The highest BCUT2D eigenvalue weighted by molar-refractivity contribution is 5.93. The molecule has 0 saturated carbocycles. The molecular formula is C13H17FN2O4. The highest BCUT2D eigenvalue weighted by atomic mass is 19.1. The number of carbonyl (C=O) groups excluding carboxylic acids is 1. The molecule has 2 N–H and O–H groups in total. The molecule has 0 aliphatic carbocycles. The van der Waals surface area contributed by atoms with Crippen molar-refractivity contribution in [2.24, 2.45) is 0 Å². The van der Waals surface area contributed by atoms with Gasteiger partial charge < -0.3 is 20.1 Å². The molecule has 0 aliphatic heterocycles. The Balaban J connectivity index is 2.80. The van der Waals surface area contributed by atoms with Crippen LogP contribution in [0.25, 0.3) is 0 Å². The fraction of sp³-hybridized carbons (Fsp3) is 0.385. The topological polar surface area (TPSA) is 78.9 Å². The molecule has 0 spiro atoms. The van der Waals surface area contributed by atoms with Crippen molar-refractivity contribution in [2.75, 3.05) is 26.1 Å². The van der Waals surface area contributed by atoms with E-state index < -0.39 is 23.4 Å². The van der Waals surface area contributed by atoms with Crippen molar-refractivity contribution in [3.8, 4) is 0 Å². The van der Waals surface area contributed by atoms with E-state index in [1.54, 1.807) is 14.0 Å². The largest absolute Gasteiger partial charge is 0.478 e. The summed E-state index contributed by atoms with van der Waals surface area (Å²) in [6, 6.07) is 2.79. The summed E-state index contributed by atoms with van der Waals surface area (Å²) < 4.78 is 18.2. The molecule has 1 atom stereocenters. The Morgan fingerprint density at radius 1 is 1.50 bits per heavy atom. The van der Waals surface area contributed by atoms with Gasteiger partial charge in [0.15, 0.2) is 0 Å². The molecule has 110 valence electrons. The molecule has 0 bridgehead atoms. The van der Waals surface area contributed by atoms with Crippen molar-refractivity contribution in [3.63, 3.8) is 0 Å². The minimum Gasteiger partial charge on any atom is -0.478 e. The van der Waals surface area contributed by atoms with E-state index in [2.05, 4.69) is 5.32 Å². The molecule has 0 heterocycles. The molecule has 0 fully saturated rings. The second-order valence-corrected chi connectivity index (χ2v) is 4.35. The number of aromatic carboxylic acids is 1. The zero-order valence-electron chi connectivity index (χ0n) is 11.5. The van der Waals surface area contributed by atoms with E-state index in [1.165, 1.54) is 18.1 Å². The number of methoxy groups -OCH3 is 1. The van der Waals surface area contributed by atoms with Gasteiger partial charge >= 0.3 is 12.0 Å². The first kappa shape index (κ1) is 15.9. The second kappa shape index (κ2) is 6.85. The molecule has 2 amide bonds. The molecule has 1 rings (SSSR count). The number of ether oxygens (including phenoxy) is 1. The lowest BCUT2D eigenvalue weighted by atomic mass is 10.2. The van der Waals surface area contributed by atoms with Gasteiger partial charge in [0, 0.05) is 19.8 Å². The van der Waals surface area contributed by atoms with Crippen LogP contribution in [-0.4, -0.2) is 48.8 Å². The van der Waals surface area contributed by atoms with Crippen LogP contribution in [0.1, 0.15) is 17.3 Å². The molecule has 1 aromatic rings. The van der Waals surface area contributed by atoms with Gasteiger partial charge in [-0.15, -0.1) is 0 Å². The zero-order valence-corrected chi connectivity index (χ0v) is 11.5. The van der Waals surface area contributed by atoms with E-state index in [4.69, 9.17) is 9.84 Å². The Morgan fingerprint density at radius 3 is 2.70 bits per heavy atom. The third kappa shape index (κ3) is 3.92. The van der Waals surface area contributed by atoms with Crippen LogP contribution in [0.4, 0.5) is 14.9 Å². The average molecular weight is 284 g/mol. The summed E-state index contributed by atoms with van der Waals surface area (Å²) >= 11 is 0. The maximum absolute atomic E-state index is 13.2. The number of benzene rings is 1. The number of nitrogens with one attached hydrogen (secondary N) is 1. The lowest BCUT2D eigenvalue weighted by Crippen LogP contribution is -2.40. The zero-order chi connectivity index (χ0) is 15.3. The number of anilines is 1. The van der Waals surface area contributed by atoms with Crippen LogP contribution >= 0.6 is 0 Å². The van der Waals surface area contributed by atoms with Crippen molar-refractivity contribution < 1.29 is 23.8 Å². The van der Waals surface area contributed by atoms with Gasteiger partial charge in [0.1, 0.15) is 5.82 Å². The minimum absolute atomic E-state index is 0.153. The summed E-state index contributed by atoms with van der Waals surface area (Å²) in [6.07, 6.45) is 0. The summed E-state index contributed by atoms with van der Waals surface area (Å²) in [6.45, 7) is 2.17. The van der Waals surface area contributed by atoms with Crippen molar-refractivity contribution in [1.82, 2.24) is 4.90 Å². The predicted octanol–water partition coefficient (Wildman–Crippen LogP) is 2.02. The number of carbonyl (C=O) groups is 2. The number of carboxylic acid groups (broad SMARTS) is 1. The standard InChI is InChI=1S/C13H17FN2O4/c1-8(7-20-3)16(2)13(19)15-9-4-5-11(14)10(6-9)12(17)18/h4-6,8H,7H2,1-3H3,(H,15,19)(H,17,18). The number of rotatable bonds is 5. The van der Waals surface area contributed by atoms with Crippen LogP contribution in [0.2, 0.25) is 0 Å². The Hall–Kier alpha value is -2.15. The number of urea groups is 1. The van der Waals surface area contributed by atoms with Gasteiger partial charge in [-0.1, -0.05) is 0 Å². The summed E-state index contributed by atoms with van der Waals surface area (Å²) in [4.78, 5) is 24.1. The summed E-state index contributed by atoms with van der Waals surface area (Å²) in [5.74, 6) is -2.24. The first-order chi connectivity index (χ1) is 9.36. The molecule has 1 unspecified atom stereocenters. The smallest absolute Gasteiger partial charge is 0.338 e. The number of likely N-dealkylation sites (N-methyl/N-ethyl adjacent to an activating group) is 1. The lowest BCUT2D eigenvalue weighted by Gasteiger charge is -2.24. The van der Waals surface area contributed by atoms with Gasteiger partial charge in [-0.3, -0.25) is 0 Å². The van der Waals surface area contributed by atoms with E-state index in [-0.39, 0.29) is 11.7 Å². The highest BCUT2D eigenvalue weighted by Crippen LogP contribution is 2.15. The first-order valence-electron chi connectivity index (χ1n) is 5.92. The molecule has 0 aliphatic rings. The fourth-order valence-corrected chi connectivity index (χ4v) is 1.53. The van der Waals surface area contributed by atoms with Crippen LogP contribution in [-0.2, 0) is 4.74 Å². The summed E-state index contributed by atoms with van der Waals surface area (Å²) in [5, 5.41) is 11.3. The van der Waals surface area contributed by atoms with E-state index in [9.17, 15) is 14.0 Å². The van der Waals surface area contributed by atoms with E-state index in [0.717, 1.165) is 12.1 Å². The van der Waals surface area contributed by atoms with Gasteiger partial charge in [0.05, 0.1) is 18.2 Å². The lowest BCUT2D eigenvalue weighted by molar-refractivity contribution is 0.0692. The highest BCUT2D eigenvalue weighted by Gasteiger charge is 2.17. The van der Waals surface area contributed by atoms with Crippen LogP contribution < -0.4 is 5.32 Å². The molecular weight excluding hydrogens is 267 g/mol. The summed E-state index contributed by atoms with van der Waals surface area (Å²) in [5.41, 5.74) is -0.277. The molecule has 0 aromatic heterocycles. The Bertz CT molecular complexity index is 507. The number of halogens is 1. The molecule has 1 aromatic carbocycles. The Morgan fingerprint density at radius 2 is 2.15 bits per heavy atom. The fourth-order valence-electron chi connectivity index (χ4n) is 1.53.